The number of carbonyl (C=O) groups is 1. The summed E-state index contributed by atoms with van der Waals surface area (Å²) in [5, 5.41) is 9.70. The highest BCUT2D eigenvalue weighted by Crippen LogP contribution is 2.41. The van der Waals surface area contributed by atoms with Crippen LogP contribution >= 0.6 is 11.6 Å². The van der Waals surface area contributed by atoms with Gasteiger partial charge in [0.05, 0.1) is 28.9 Å². The van der Waals surface area contributed by atoms with Crippen molar-refractivity contribution in [2.24, 2.45) is 0 Å². The monoisotopic (exact) mass is 472 g/mol. The van der Waals surface area contributed by atoms with Crippen LogP contribution in [0.1, 0.15) is 42.5 Å². The molecular formula is C28H25ClN2O3. The zero-order chi connectivity index (χ0) is 24.1. The summed E-state index contributed by atoms with van der Waals surface area (Å²) in [6.45, 7) is 5.21. The van der Waals surface area contributed by atoms with Crippen molar-refractivity contribution in [1.82, 2.24) is 0 Å². The van der Waals surface area contributed by atoms with E-state index in [0.29, 0.717) is 40.8 Å². The van der Waals surface area contributed by atoms with E-state index in [1.54, 1.807) is 12.1 Å². The third-order valence-electron chi connectivity index (χ3n) is 5.56. The molecule has 4 rings (SSSR count). The molecule has 1 heterocycles. The van der Waals surface area contributed by atoms with Gasteiger partial charge in [-0.2, -0.15) is 5.26 Å². The van der Waals surface area contributed by atoms with E-state index in [9.17, 15) is 10.1 Å². The van der Waals surface area contributed by atoms with Crippen molar-refractivity contribution in [2.75, 3.05) is 18.1 Å². The number of rotatable bonds is 8. The van der Waals surface area contributed by atoms with Crippen LogP contribution in [0, 0.1) is 11.3 Å². The van der Waals surface area contributed by atoms with Gasteiger partial charge in [-0.1, -0.05) is 54.9 Å². The second-order valence-corrected chi connectivity index (χ2v) is 8.26. The fourth-order valence-corrected chi connectivity index (χ4v) is 4.31. The van der Waals surface area contributed by atoms with Gasteiger partial charge >= 0.3 is 0 Å². The van der Waals surface area contributed by atoms with E-state index in [0.717, 1.165) is 28.8 Å². The molecule has 1 amide bonds. The molecule has 1 aliphatic heterocycles. The number of fused-ring (bicyclic) bond motifs is 1. The number of benzene rings is 3. The van der Waals surface area contributed by atoms with Crippen LogP contribution in [0.5, 0.6) is 11.5 Å². The molecule has 0 spiro atoms. The van der Waals surface area contributed by atoms with E-state index in [4.69, 9.17) is 21.1 Å². The molecule has 0 radical (unpaired) electrons. The summed E-state index contributed by atoms with van der Waals surface area (Å²) in [4.78, 5) is 15.0. The largest absolute Gasteiger partial charge is 0.490 e. The van der Waals surface area contributed by atoms with Crippen LogP contribution in [0.25, 0.3) is 11.6 Å². The zero-order valence-electron chi connectivity index (χ0n) is 19.2. The van der Waals surface area contributed by atoms with E-state index in [2.05, 4.69) is 13.0 Å². The summed E-state index contributed by atoms with van der Waals surface area (Å²) in [5.74, 6) is 0.871. The van der Waals surface area contributed by atoms with Gasteiger partial charge in [-0.15, -0.1) is 0 Å². The lowest BCUT2D eigenvalue weighted by atomic mass is 10.0. The molecule has 5 nitrogen and oxygen atoms in total. The van der Waals surface area contributed by atoms with Crippen molar-refractivity contribution in [3.63, 3.8) is 0 Å². The number of ether oxygens (including phenoxy) is 2. The minimum atomic E-state index is -0.0226. The van der Waals surface area contributed by atoms with Crippen LogP contribution in [0.3, 0.4) is 0 Å². The van der Waals surface area contributed by atoms with E-state index in [1.165, 1.54) is 0 Å². The Kier molecular flexibility index (Phi) is 7.20. The number of hydrogen-bond acceptors (Lipinski definition) is 4. The first-order valence-electron chi connectivity index (χ1n) is 11.3. The highest BCUT2D eigenvalue weighted by atomic mass is 35.5. The Morgan fingerprint density at radius 3 is 2.59 bits per heavy atom. The topological polar surface area (TPSA) is 62.6 Å². The van der Waals surface area contributed by atoms with Crippen LogP contribution in [-0.2, 0) is 11.4 Å². The van der Waals surface area contributed by atoms with Crippen LogP contribution in [0.2, 0.25) is 5.02 Å². The fourth-order valence-electron chi connectivity index (χ4n) is 4.04. The predicted molar refractivity (Wildman–Crippen MR) is 135 cm³/mol. The van der Waals surface area contributed by atoms with Gasteiger partial charge in [-0.05, 0) is 49.2 Å². The Bertz CT molecular complexity index is 1290. The van der Waals surface area contributed by atoms with Crippen LogP contribution < -0.4 is 14.4 Å². The van der Waals surface area contributed by atoms with Crippen LogP contribution in [0.4, 0.5) is 5.69 Å². The lowest BCUT2D eigenvalue weighted by molar-refractivity contribution is -0.113. The first kappa shape index (κ1) is 23.4. The van der Waals surface area contributed by atoms with Crippen molar-refractivity contribution in [2.45, 2.75) is 26.9 Å². The first-order valence-corrected chi connectivity index (χ1v) is 11.6. The smallest absolute Gasteiger partial charge is 0.258 e. The Labute approximate surface area is 204 Å². The first-order chi connectivity index (χ1) is 16.6. The highest BCUT2D eigenvalue weighted by Gasteiger charge is 2.31. The molecule has 1 aliphatic rings. The lowest BCUT2D eigenvalue weighted by Gasteiger charge is -2.16. The number of anilines is 1. The molecule has 0 bridgehead atoms. The number of amides is 1. The van der Waals surface area contributed by atoms with Crippen LogP contribution in [-0.4, -0.2) is 19.1 Å². The normalized spacial score (nSPS) is 13.6. The van der Waals surface area contributed by atoms with Gasteiger partial charge in [-0.3, -0.25) is 4.79 Å². The minimum Gasteiger partial charge on any atom is -0.490 e. The molecule has 0 N–H and O–H groups in total. The third-order valence-corrected chi connectivity index (χ3v) is 5.84. The zero-order valence-corrected chi connectivity index (χ0v) is 19.9. The molecule has 3 aromatic carbocycles. The average molecular weight is 473 g/mol. The molecular weight excluding hydrogens is 448 g/mol. The standard InChI is InChI=1S/C28H25ClN2O3/c1-3-13-31-25-12-8-7-11-22(25)23(28(31)32)14-19-15-24(29)27(26(16-19)33-4-2)34-18-21-10-6-5-9-20(21)17-30/h5-12,14-16H,3-4,13,18H2,1-2H3/b23-14-. The van der Waals surface area contributed by atoms with E-state index in [-0.39, 0.29) is 12.5 Å². The quantitative estimate of drug-likeness (QED) is 0.352. The second kappa shape index (κ2) is 10.5. The number of nitrogens with zero attached hydrogens (tertiary/aromatic N) is 2. The Morgan fingerprint density at radius 2 is 1.82 bits per heavy atom. The molecule has 0 fully saturated rings. The van der Waals surface area contributed by atoms with Crippen molar-refractivity contribution >= 4 is 34.8 Å². The van der Waals surface area contributed by atoms with Crippen LogP contribution in [0.15, 0.2) is 60.7 Å². The second-order valence-electron chi connectivity index (χ2n) is 7.85. The number of para-hydroxylation sites is 1. The summed E-state index contributed by atoms with van der Waals surface area (Å²) in [7, 11) is 0. The van der Waals surface area contributed by atoms with Crippen molar-refractivity contribution in [1.29, 1.82) is 5.26 Å². The Balaban J connectivity index is 1.69. The van der Waals surface area contributed by atoms with E-state index >= 15 is 0 Å². The van der Waals surface area contributed by atoms with E-state index in [1.807, 2.05) is 66.4 Å². The Morgan fingerprint density at radius 1 is 1.06 bits per heavy atom. The molecule has 0 saturated carbocycles. The molecule has 3 aromatic rings. The maximum absolute atomic E-state index is 13.2. The van der Waals surface area contributed by atoms with Gasteiger partial charge in [0.15, 0.2) is 11.5 Å². The summed E-state index contributed by atoms with van der Waals surface area (Å²) < 4.78 is 11.8. The van der Waals surface area contributed by atoms with Gasteiger partial charge in [0.25, 0.3) is 5.91 Å². The van der Waals surface area contributed by atoms with Gasteiger partial charge in [0.2, 0.25) is 0 Å². The molecule has 0 atom stereocenters. The molecule has 34 heavy (non-hydrogen) atoms. The lowest BCUT2D eigenvalue weighted by Crippen LogP contribution is -2.26. The maximum Gasteiger partial charge on any atom is 0.258 e. The molecule has 0 unspecified atom stereocenters. The number of hydrogen-bond donors (Lipinski definition) is 0. The SMILES string of the molecule is CCCN1C(=O)/C(=C\c2cc(Cl)c(OCc3ccccc3C#N)c(OCC)c2)c2ccccc21. The molecule has 0 aliphatic carbocycles. The number of carbonyl (C=O) groups excluding carboxylic acids is 1. The van der Waals surface area contributed by atoms with Gasteiger partial charge in [0.1, 0.15) is 6.61 Å². The number of nitriles is 1. The van der Waals surface area contributed by atoms with Gasteiger partial charge in [-0.25, -0.2) is 0 Å². The van der Waals surface area contributed by atoms with Crippen molar-refractivity contribution < 1.29 is 14.3 Å². The maximum atomic E-state index is 13.2. The Hall–Kier alpha value is -3.75. The summed E-state index contributed by atoms with van der Waals surface area (Å²) in [6.07, 6.45) is 2.72. The highest BCUT2D eigenvalue weighted by molar-refractivity contribution is 6.36. The molecule has 6 heteroatoms. The average Bonchev–Trinajstić information content (AvgIpc) is 3.10. The van der Waals surface area contributed by atoms with E-state index < -0.39 is 0 Å². The predicted octanol–water partition coefficient (Wildman–Crippen LogP) is 6.49. The molecule has 0 aromatic heterocycles. The fraction of sp³-hybridized carbons (Fsp3) is 0.214. The third kappa shape index (κ3) is 4.64. The minimum absolute atomic E-state index is 0.0226. The molecule has 0 saturated heterocycles. The number of halogens is 1. The summed E-state index contributed by atoms with van der Waals surface area (Å²) in [6, 6.07) is 20.8. The van der Waals surface area contributed by atoms with Gasteiger partial charge in [0, 0.05) is 23.2 Å². The van der Waals surface area contributed by atoms with Crippen molar-refractivity contribution in [3.8, 4) is 17.6 Å². The summed E-state index contributed by atoms with van der Waals surface area (Å²) in [5.41, 5.74) is 4.51. The summed E-state index contributed by atoms with van der Waals surface area (Å²) >= 11 is 6.62. The molecule has 172 valence electrons. The van der Waals surface area contributed by atoms with Gasteiger partial charge < -0.3 is 14.4 Å². The van der Waals surface area contributed by atoms with Crippen molar-refractivity contribution in [3.05, 3.63) is 87.9 Å².